The Morgan fingerprint density at radius 2 is 2.33 bits per heavy atom. The Morgan fingerprint density at radius 1 is 1.78 bits per heavy atom. The van der Waals surface area contributed by atoms with Crippen LogP contribution in [0.25, 0.3) is 0 Å². The molecule has 0 spiro atoms. The maximum Gasteiger partial charge on any atom is 0.0895 e. The van der Waals surface area contributed by atoms with Crippen LogP contribution in [-0.4, -0.2) is 19.1 Å². The lowest BCUT2D eigenvalue weighted by molar-refractivity contribution is 0.152. The van der Waals surface area contributed by atoms with Gasteiger partial charge in [-0.2, -0.15) is 0 Å². The van der Waals surface area contributed by atoms with Crippen molar-refractivity contribution in [3.8, 4) is 0 Å². The summed E-state index contributed by atoms with van der Waals surface area (Å²) in [5, 5.41) is 0.660. The van der Waals surface area contributed by atoms with Gasteiger partial charge >= 0.3 is 0 Å². The first-order chi connectivity index (χ1) is 4.22. The molecule has 0 saturated heterocycles. The Bertz CT molecular complexity index is 101. The average Bonchev–Trinajstić information content (AvgIpc) is 1.87. The van der Waals surface area contributed by atoms with Crippen molar-refractivity contribution in [1.82, 2.24) is 0 Å². The molecule has 0 radical (unpaired) electrons. The summed E-state index contributed by atoms with van der Waals surface area (Å²) in [5.41, 5.74) is 0. The first-order valence-electron chi connectivity index (χ1n) is 2.66. The molecule has 1 atom stereocenters. The Morgan fingerprint density at radius 3 is 2.67 bits per heavy atom. The van der Waals surface area contributed by atoms with Gasteiger partial charge < -0.3 is 4.74 Å². The highest BCUT2D eigenvalue weighted by atomic mass is 35.5. The molecule has 54 valence electrons. The van der Waals surface area contributed by atoms with Crippen LogP contribution < -0.4 is 0 Å². The Labute approximate surface area is 65.6 Å². The van der Waals surface area contributed by atoms with Gasteiger partial charge in [-0.1, -0.05) is 17.7 Å². The van der Waals surface area contributed by atoms with E-state index in [0.717, 1.165) is 0 Å². The van der Waals surface area contributed by atoms with E-state index in [1.165, 1.54) is 0 Å². The summed E-state index contributed by atoms with van der Waals surface area (Å²) < 4.78 is 4.91. The van der Waals surface area contributed by atoms with E-state index in [-0.39, 0.29) is 6.10 Å². The number of alkyl halides is 1. The molecule has 1 nitrogen and oxygen atoms in total. The van der Waals surface area contributed by atoms with Crippen molar-refractivity contribution in [3.05, 3.63) is 11.1 Å². The number of ether oxygens (including phenoxy) is 1. The molecule has 0 amide bonds. The van der Waals surface area contributed by atoms with Crippen LogP contribution in [0.1, 0.15) is 6.92 Å². The first kappa shape index (κ1) is 9.28. The predicted molar refractivity (Wildman–Crippen MR) is 41.1 cm³/mol. The lowest BCUT2D eigenvalue weighted by Gasteiger charge is -2.05. The first-order valence-corrected chi connectivity index (χ1v) is 3.58. The monoisotopic (exact) mass is 168 g/mol. The van der Waals surface area contributed by atoms with Crippen LogP contribution >= 0.6 is 23.2 Å². The highest BCUT2D eigenvalue weighted by molar-refractivity contribution is 6.30. The van der Waals surface area contributed by atoms with Gasteiger partial charge in [0.25, 0.3) is 0 Å². The number of halogens is 2. The molecule has 0 bridgehead atoms. The predicted octanol–water partition coefficient (Wildman–Crippen LogP) is 2.38. The number of hydrogen-bond acceptors (Lipinski definition) is 1. The lowest BCUT2D eigenvalue weighted by atomic mass is 10.3. The van der Waals surface area contributed by atoms with Crippen molar-refractivity contribution in [2.45, 2.75) is 13.0 Å². The van der Waals surface area contributed by atoms with Gasteiger partial charge in [0.1, 0.15) is 0 Å². The van der Waals surface area contributed by atoms with E-state index in [9.17, 15) is 0 Å². The zero-order valence-corrected chi connectivity index (χ0v) is 7.04. The van der Waals surface area contributed by atoms with Gasteiger partial charge in [0.2, 0.25) is 0 Å². The second-order valence-corrected chi connectivity index (χ2v) is 2.37. The van der Waals surface area contributed by atoms with Gasteiger partial charge in [0, 0.05) is 18.0 Å². The molecule has 0 heterocycles. The molecular formula is C6H10Cl2O. The molecule has 0 aromatic rings. The average molecular weight is 169 g/mol. The minimum absolute atomic E-state index is 0.0367. The summed E-state index contributed by atoms with van der Waals surface area (Å²) in [5.74, 6) is 0.437. The van der Waals surface area contributed by atoms with Crippen LogP contribution in [0.5, 0.6) is 0 Å². The van der Waals surface area contributed by atoms with Crippen LogP contribution in [0.3, 0.4) is 0 Å². The third-order valence-electron chi connectivity index (χ3n) is 1.01. The topological polar surface area (TPSA) is 9.23 Å². The molecule has 9 heavy (non-hydrogen) atoms. The van der Waals surface area contributed by atoms with Crippen molar-refractivity contribution in [2.24, 2.45) is 0 Å². The maximum atomic E-state index is 5.68. The Hall–Kier alpha value is 0.280. The number of methoxy groups -OCH3 is 1. The van der Waals surface area contributed by atoms with E-state index in [2.05, 4.69) is 0 Å². The zero-order valence-electron chi connectivity index (χ0n) is 5.53. The standard InChI is InChI=1S/C6H10Cl2O/c1-5(9-2)6(8)3-4-7/h3,5H,4H2,1-2H3/b6-3+. The molecule has 0 rings (SSSR count). The summed E-state index contributed by atoms with van der Waals surface area (Å²) in [6.07, 6.45) is 1.68. The summed E-state index contributed by atoms with van der Waals surface area (Å²) in [6, 6.07) is 0. The van der Waals surface area contributed by atoms with Crippen LogP contribution in [0.15, 0.2) is 11.1 Å². The van der Waals surface area contributed by atoms with E-state index in [0.29, 0.717) is 10.9 Å². The van der Waals surface area contributed by atoms with Gasteiger partial charge in [-0.05, 0) is 6.92 Å². The molecule has 0 fully saturated rings. The molecule has 0 N–H and O–H groups in total. The normalized spacial score (nSPS) is 15.8. The fraction of sp³-hybridized carbons (Fsp3) is 0.667. The molecular weight excluding hydrogens is 159 g/mol. The fourth-order valence-corrected chi connectivity index (χ4v) is 0.764. The van der Waals surface area contributed by atoms with Gasteiger partial charge in [0.05, 0.1) is 6.10 Å². The minimum Gasteiger partial charge on any atom is -0.376 e. The van der Waals surface area contributed by atoms with Crippen molar-refractivity contribution in [3.63, 3.8) is 0 Å². The maximum absolute atomic E-state index is 5.68. The molecule has 1 unspecified atom stereocenters. The largest absolute Gasteiger partial charge is 0.376 e. The second kappa shape index (κ2) is 5.10. The van der Waals surface area contributed by atoms with E-state index < -0.39 is 0 Å². The van der Waals surface area contributed by atoms with Gasteiger partial charge in [-0.25, -0.2) is 0 Å². The highest BCUT2D eigenvalue weighted by Gasteiger charge is 2.01. The van der Waals surface area contributed by atoms with Gasteiger partial charge in [0.15, 0.2) is 0 Å². The second-order valence-electron chi connectivity index (χ2n) is 1.62. The molecule has 0 aromatic heterocycles. The Kier molecular flexibility index (Phi) is 5.25. The smallest absolute Gasteiger partial charge is 0.0895 e. The number of allylic oxidation sites excluding steroid dienone is 1. The van der Waals surface area contributed by atoms with Crippen molar-refractivity contribution in [1.29, 1.82) is 0 Å². The molecule has 3 heteroatoms. The summed E-state index contributed by atoms with van der Waals surface area (Å²) in [4.78, 5) is 0. The third kappa shape index (κ3) is 3.79. The number of hydrogen-bond donors (Lipinski definition) is 0. The van der Waals surface area contributed by atoms with Crippen LogP contribution in [0, 0.1) is 0 Å². The molecule has 0 aromatic carbocycles. The summed E-state index contributed by atoms with van der Waals surface area (Å²) in [6.45, 7) is 1.87. The quantitative estimate of drug-likeness (QED) is 0.589. The van der Waals surface area contributed by atoms with Crippen LogP contribution in [-0.2, 0) is 4.74 Å². The molecule has 0 saturated carbocycles. The van der Waals surface area contributed by atoms with Gasteiger partial charge in [-0.3, -0.25) is 0 Å². The fourth-order valence-electron chi connectivity index (χ4n) is 0.352. The van der Waals surface area contributed by atoms with E-state index in [4.69, 9.17) is 27.9 Å². The number of rotatable bonds is 3. The van der Waals surface area contributed by atoms with Crippen LogP contribution in [0.4, 0.5) is 0 Å². The molecule has 0 aliphatic carbocycles. The Balaban J connectivity index is 3.70. The summed E-state index contributed by atoms with van der Waals surface area (Å²) in [7, 11) is 1.61. The van der Waals surface area contributed by atoms with E-state index >= 15 is 0 Å². The SMILES string of the molecule is COC(C)/C(Cl)=C\CCl. The van der Waals surface area contributed by atoms with Crippen molar-refractivity contribution >= 4 is 23.2 Å². The van der Waals surface area contributed by atoms with Gasteiger partial charge in [-0.15, -0.1) is 11.6 Å². The molecule has 0 aliphatic heterocycles. The summed E-state index contributed by atoms with van der Waals surface area (Å²) >= 11 is 11.1. The highest BCUT2D eigenvalue weighted by Crippen LogP contribution is 2.09. The minimum atomic E-state index is -0.0367. The third-order valence-corrected chi connectivity index (χ3v) is 1.63. The van der Waals surface area contributed by atoms with Crippen molar-refractivity contribution < 1.29 is 4.74 Å². The molecule has 0 aliphatic rings. The zero-order chi connectivity index (χ0) is 7.28. The van der Waals surface area contributed by atoms with Crippen LogP contribution in [0.2, 0.25) is 0 Å². The van der Waals surface area contributed by atoms with Crippen molar-refractivity contribution in [2.75, 3.05) is 13.0 Å². The van der Waals surface area contributed by atoms with E-state index in [1.807, 2.05) is 6.92 Å². The van der Waals surface area contributed by atoms with E-state index in [1.54, 1.807) is 13.2 Å². The lowest BCUT2D eigenvalue weighted by Crippen LogP contribution is -2.04.